The van der Waals surface area contributed by atoms with E-state index in [2.05, 4.69) is 11.2 Å². The van der Waals surface area contributed by atoms with Crippen molar-refractivity contribution in [2.45, 2.75) is 32.3 Å². The minimum absolute atomic E-state index is 0.0469. The number of carbonyl (C=O) groups excluding carboxylic acids is 1. The predicted octanol–water partition coefficient (Wildman–Crippen LogP) is 2.04. The topological polar surface area (TPSA) is 61.8 Å². The first-order chi connectivity index (χ1) is 11.6. The van der Waals surface area contributed by atoms with E-state index >= 15 is 0 Å². The van der Waals surface area contributed by atoms with Crippen LogP contribution in [0, 0.1) is 18.3 Å². The summed E-state index contributed by atoms with van der Waals surface area (Å²) in [6.45, 7) is 4.03. The normalized spacial score (nSPS) is 18.5. The largest absolute Gasteiger partial charge is 0.481 e. The van der Waals surface area contributed by atoms with E-state index in [1.807, 2.05) is 24.3 Å². The van der Waals surface area contributed by atoms with Gasteiger partial charge in [-0.05, 0) is 43.9 Å². The van der Waals surface area contributed by atoms with Crippen LogP contribution >= 0.6 is 0 Å². The van der Waals surface area contributed by atoms with E-state index in [0.717, 1.165) is 37.1 Å². The summed E-state index contributed by atoms with van der Waals surface area (Å²) in [5, 5.41) is 12.7. The number of amides is 2. The minimum Gasteiger partial charge on any atom is -0.481 e. The van der Waals surface area contributed by atoms with Gasteiger partial charge >= 0.3 is 6.03 Å². The summed E-state index contributed by atoms with van der Waals surface area (Å²) < 4.78 is 5.33. The van der Waals surface area contributed by atoms with Gasteiger partial charge in [-0.15, -0.1) is 6.42 Å². The number of aliphatic hydroxyl groups is 1. The molecule has 1 aromatic rings. The highest BCUT2D eigenvalue weighted by atomic mass is 16.5. The van der Waals surface area contributed by atoms with Gasteiger partial charge in [0, 0.05) is 25.6 Å². The highest BCUT2D eigenvalue weighted by Gasteiger charge is 2.26. The molecule has 1 aliphatic heterocycles. The van der Waals surface area contributed by atoms with E-state index in [-0.39, 0.29) is 24.7 Å². The maximum atomic E-state index is 12.2. The van der Waals surface area contributed by atoms with Gasteiger partial charge in [-0.3, -0.25) is 0 Å². The molecule has 1 aliphatic rings. The van der Waals surface area contributed by atoms with Crippen molar-refractivity contribution in [3.8, 4) is 18.1 Å². The molecule has 2 rings (SSSR count). The molecule has 130 valence electrons. The fourth-order valence-corrected chi connectivity index (χ4v) is 2.89. The van der Waals surface area contributed by atoms with Gasteiger partial charge in [-0.2, -0.15) is 0 Å². The first kappa shape index (κ1) is 18.2. The lowest BCUT2D eigenvalue weighted by Crippen LogP contribution is -2.47. The second kappa shape index (κ2) is 9.19. The zero-order valence-electron chi connectivity index (χ0n) is 14.2. The van der Waals surface area contributed by atoms with Gasteiger partial charge in [0.05, 0.1) is 6.10 Å². The molecule has 2 unspecified atom stereocenters. The first-order valence-electron chi connectivity index (χ1n) is 8.46. The van der Waals surface area contributed by atoms with E-state index in [1.165, 1.54) is 0 Å². The van der Waals surface area contributed by atoms with Crippen molar-refractivity contribution < 1.29 is 14.6 Å². The van der Waals surface area contributed by atoms with Crippen LogP contribution in [0.15, 0.2) is 24.3 Å². The Labute approximate surface area is 144 Å². The highest BCUT2D eigenvalue weighted by Crippen LogP contribution is 2.19. The van der Waals surface area contributed by atoms with Crippen LogP contribution in [-0.2, 0) is 6.42 Å². The molecule has 2 N–H and O–H groups in total. The Kier molecular flexibility index (Phi) is 6.95. The molecule has 0 radical (unpaired) electrons. The fraction of sp³-hybridized carbons (Fsp3) is 0.526. The van der Waals surface area contributed by atoms with Crippen LogP contribution in [0.3, 0.4) is 0 Å². The molecule has 1 saturated heterocycles. The molecule has 1 heterocycles. The van der Waals surface area contributed by atoms with Gasteiger partial charge in [0.1, 0.15) is 12.4 Å². The first-order valence-corrected chi connectivity index (χ1v) is 8.46. The van der Waals surface area contributed by atoms with Crippen molar-refractivity contribution in [2.24, 2.45) is 5.92 Å². The third-order valence-corrected chi connectivity index (χ3v) is 4.36. The van der Waals surface area contributed by atoms with Crippen LogP contribution < -0.4 is 10.1 Å². The molecule has 5 heteroatoms. The number of rotatable bonds is 6. The number of nitrogens with zero attached hydrogens (tertiary/aromatic N) is 1. The molecular weight excluding hydrogens is 304 g/mol. The summed E-state index contributed by atoms with van der Waals surface area (Å²) in [7, 11) is 0. The van der Waals surface area contributed by atoms with Gasteiger partial charge in [0.2, 0.25) is 0 Å². The lowest BCUT2D eigenvalue weighted by Gasteiger charge is -2.34. The second-order valence-corrected chi connectivity index (χ2v) is 6.21. The zero-order valence-corrected chi connectivity index (χ0v) is 14.2. The van der Waals surface area contributed by atoms with Crippen LogP contribution in [0.5, 0.6) is 5.75 Å². The Morgan fingerprint density at radius 1 is 1.50 bits per heavy atom. The molecule has 0 aliphatic carbocycles. The molecule has 2 atom stereocenters. The maximum absolute atomic E-state index is 12.2. The Balaban J connectivity index is 1.73. The summed E-state index contributed by atoms with van der Waals surface area (Å²) in [5.41, 5.74) is 1.13. The number of hydrogen-bond donors (Lipinski definition) is 2. The molecule has 1 aromatic carbocycles. The summed E-state index contributed by atoms with van der Waals surface area (Å²) in [6.07, 6.45) is 7.48. The number of piperidine rings is 1. The maximum Gasteiger partial charge on any atom is 0.317 e. The van der Waals surface area contributed by atoms with Gasteiger partial charge < -0.3 is 20.1 Å². The van der Waals surface area contributed by atoms with Gasteiger partial charge in [-0.1, -0.05) is 18.1 Å². The van der Waals surface area contributed by atoms with Crippen molar-refractivity contribution in [1.82, 2.24) is 10.2 Å². The number of urea groups is 1. The smallest absolute Gasteiger partial charge is 0.317 e. The monoisotopic (exact) mass is 330 g/mol. The number of ether oxygens (including phenoxy) is 1. The summed E-state index contributed by atoms with van der Waals surface area (Å²) in [6, 6.07) is 7.66. The average molecular weight is 330 g/mol. The second-order valence-electron chi connectivity index (χ2n) is 6.21. The number of carbonyl (C=O) groups is 1. The quantitative estimate of drug-likeness (QED) is 0.785. The van der Waals surface area contributed by atoms with E-state index in [4.69, 9.17) is 11.2 Å². The van der Waals surface area contributed by atoms with Crippen molar-refractivity contribution in [3.63, 3.8) is 0 Å². The number of hydrogen-bond acceptors (Lipinski definition) is 3. The van der Waals surface area contributed by atoms with Crippen molar-refractivity contribution in [2.75, 3.05) is 26.2 Å². The lowest BCUT2D eigenvalue weighted by molar-refractivity contribution is 0.0740. The molecule has 0 saturated carbocycles. The Hall–Kier alpha value is -2.19. The third-order valence-electron chi connectivity index (χ3n) is 4.36. The van der Waals surface area contributed by atoms with Crippen LogP contribution in [0.4, 0.5) is 4.79 Å². The number of terminal acetylenes is 1. The van der Waals surface area contributed by atoms with Crippen molar-refractivity contribution in [3.05, 3.63) is 29.8 Å². The fourth-order valence-electron chi connectivity index (χ4n) is 2.89. The molecule has 1 fully saturated rings. The summed E-state index contributed by atoms with van der Waals surface area (Å²) >= 11 is 0. The average Bonchev–Trinajstić information content (AvgIpc) is 2.61. The molecule has 24 heavy (non-hydrogen) atoms. The third kappa shape index (κ3) is 5.47. The van der Waals surface area contributed by atoms with Crippen molar-refractivity contribution >= 4 is 6.03 Å². The number of nitrogens with one attached hydrogen (secondary N) is 1. The van der Waals surface area contributed by atoms with Crippen LogP contribution in [-0.4, -0.2) is 48.4 Å². The van der Waals surface area contributed by atoms with E-state index in [9.17, 15) is 9.90 Å². The molecule has 2 amide bonds. The van der Waals surface area contributed by atoms with Gasteiger partial charge in [0.15, 0.2) is 0 Å². The zero-order chi connectivity index (χ0) is 17.4. The van der Waals surface area contributed by atoms with E-state index in [1.54, 1.807) is 11.8 Å². The minimum atomic E-state index is -0.365. The standard InChI is InChI=1S/C19H26N2O3/c1-3-13-24-18-8-6-16(7-9-18)10-11-20-19(23)21-12-4-5-17(14-21)15(2)22/h1,6-9,15,17,22H,4-5,10-14H2,2H3,(H,20,23). The molecule has 0 aromatic heterocycles. The Morgan fingerprint density at radius 2 is 2.25 bits per heavy atom. The van der Waals surface area contributed by atoms with Gasteiger partial charge in [0.25, 0.3) is 0 Å². The SMILES string of the molecule is C#CCOc1ccc(CCNC(=O)N2CCCC(C(C)O)C2)cc1. The predicted molar refractivity (Wildman–Crippen MR) is 93.9 cm³/mol. The van der Waals surface area contributed by atoms with Crippen LogP contribution in [0.2, 0.25) is 0 Å². The van der Waals surface area contributed by atoms with Gasteiger partial charge in [-0.25, -0.2) is 4.79 Å². The summed E-state index contributed by atoms with van der Waals surface area (Å²) in [4.78, 5) is 14.0. The number of benzene rings is 1. The van der Waals surface area contributed by atoms with Crippen LogP contribution in [0.1, 0.15) is 25.3 Å². The highest BCUT2D eigenvalue weighted by molar-refractivity contribution is 5.74. The van der Waals surface area contributed by atoms with E-state index in [0.29, 0.717) is 13.1 Å². The number of likely N-dealkylation sites (tertiary alicyclic amines) is 1. The molecule has 0 spiro atoms. The van der Waals surface area contributed by atoms with Crippen LogP contribution in [0.25, 0.3) is 0 Å². The molecule has 0 bridgehead atoms. The Morgan fingerprint density at radius 3 is 2.92 bits per heavy atom. The number of aliphatic hydroxyl groups excluding tert-OH is 1. The Bertz CT molecular complexity index is 563. The van der Waals surface area contributed by atoms with Crippen molar-refractivity contribution in [1.29, 1.82) is 0 Å². The molecular formula is C19H26N2O3. The lowest BCUT2D eigenvalue weighted by atomic mass is 9.94. The molecule has 5 nitrogen and oxygen atoms in total. The van der Waals surface area contributed by atoms with E-state index < -0.39 is 0 Å². The summed E-state index contributed by atoms with van der Waals surface area (Å²) in [5.74, 6) is 3.36.